The summed E-state index contributed by atoms with van der Waals surface area (Å²) in [6, 6.07) is 7.18. The molecule has 7 nitrogen and oxygen atoms in total. The number of fused-ring (bicyclic) bond motifs is 1. The molecule has 8 heteroatoms. The normalized spacial score (nSPS) is 19.6. The van der Waals surface area contributed by atoms with E-state index in [4.69, 9.17) is 4.74 Å². The van der Waals surface area contributed by atoms with Crippen LogP contribution in [-0.2, 0) is 18.3 Å². The molecule has 0 aliphatic carbocycles. The summed E-state index contributed by atoms with van der Waals surface area (Å²) in [6.07, 6.45) is 8.85. The SMILES string of the molecule is COc1ccc2nccc(C(F)CC[C@@H]3CCN(CCCCc4cncn4C)C[C@@H]3C(=O)O)c2c1. The van der Waals surface area contributed by atoms with Crippen molar-refractivity contribution in [2.45, 2.75) is 44.7 Å². The largest absolute Gasteiger partial charge is 0.497 e. The Morgan fingerprint density at radius 2 is 2.17 bits per heavy atom. The number of hydrogen-bond donors (Lipinski definition) is 1. The quantitative estimate of drug-likeness (QED) is 0.395. The van der Waals surface area contributed by atoms with Gasteiger partial charge in [-0.1, -0.05) is 0 Å². The number of halogens is 1. The second-order valence-electron chi connectivity index (χ2n) is 9.58. The van der Waals surface area contributed by atoms with Crippen molar-refractivity contribution in [2.24, 2.45) is 18.9 Å². The zero-order valence-electron chi connectivity index (χ0n) is 20.6. The van der Waals surface area contributed by atoms with Gasteiger partial charge in [-0.3, -0.25) is 9.78 Å². The molecule has 1 unspecified atom stereocenters. The zero-order chi connectivity index (χ0) is 24.8. The number of hydrogen-bond acceptors (Lipinski definition) is 5. The number of likely N-dealkylation sites (tertiary alicyclic amines) is 1. The highest BCUT2D eigenvalue weighted by atomic mass is 19.1. The third-order valence-electron chi connectivity index (χ3n) is 7.34. The second kappa shape index (κ2) is 11.6. The first-order chi connectivity index (χ1) is 17.0. The molecule has 0 radical (unpaired) electrons. The number of imidazole rings is 1. The number of methoxy groups -OCH3 is 1. The van der Waals surface area contributed by atoms with Gasteiger partial charge in [0.05, 0.1) is 24.9 Å². The summed E-state index contributed by atoms with van der Waals surface area (Å²) >= 11 is 0. The number of carbonyl (C=O) groups is 1. The number of aromatic nitrogens is 3. The number of alkyl halides is 1. The van der Waals surface area contributed by atoms with Gasteiger partial charge < -0.3 is 19.3 Å². The van der Waals surface area contributed by atoms with Crippen molar-refractivity contribution in [2.75, 3.05) is 26.7 Å². The number of aliphatic carboxylic acids is 1. The predicted molar refractivity (Wildman–Crippen MR) is 133 cm³/mol. The summed E-state index contributed by atoms with van der Waals surface area (Å²) in [5, 5.41) is 10.6. The number of unbranched alkanes of at least 4 members (excludes halogenated alkanes) is 1. The van der Waals surface area contributed by atoms with E-state index in [0.29, 0.717) is 30.7 Å². The monoisotopic (exact) mass is 482 g/mol. The van der Waals surface area contributed by atoms with Crippen molar-refractivity contribution >= 4 is 16.9 Å². The molecule has 0 bridgehead atoms. The van der Waals surface area contributed by atoms with Crippen LogP contribution in [0.5, 0.6) is 5.75 Å². The first-order valence-electron chi connectivity index (χ1n) is 12.4. The molecule has 0 spiro atoms. The number of nitrogens with zero attached hydrogens (tertiary/aromatic N) is 4. The lowest BCUT2D eigenvalue weighted by molar-refractivity contribution is -0.146. The third kappa shape index (κ3) is 6.17. The van der Waals surface area contributed by atoms with Crippen molar-refractivity contribution in [1.82, 2.24) is 19.4 Å². The molecule has 3 aromatic rings. The van der Waals surface area contributed by atoms with E-state index < -0.39 is 18.1 Å². The minimum absolute atomic E-state index is 0.0147. The molecular weight excluding hydrogens is 447 g/mol. The average Bonchev–Trinajstić information content (AvgIpc) is 3.29. The number of piperidine rings is 1. The Hall–Kier alpha value is -3.00. The van der Waals surface area contributed by atoms with Gasteiger partial charge in [0, 0.05) is 37.1 Å². The number of aryl methyl sites for hydroxylation is 2. The van der Waals surface area contributed by atoms with E-state index in [-0.39, 0.29) is 5.92 Å². The van der Waals surface area contributed by atoms with Gasteiger partial charge >= 0.3 is 5.97 Å². The fourth-order valence-electron chi connectivity index (χ4n) is 5.23. The predicted octanol–water partition coefficient (Wildman–Crippen LogP) is 4.81. The van der Waals surface area contributed by atoms with Crippen molar-refractivity contribution in [3.8, 4) is 5.75 Å². The lowest BCUT2D eigenvalue weighted by Gasteiger charge is -2.37. The molecule has 1 fully saturated rings. The van der Waals surface area contributed by atoms with E-state index in [2.05, 4.69) is 14.9 Å². The van der Waals surface area contributed by atoms with Crippen molar-refractivity contribution < 1.29 is 19.0 Å². The Labute approximate surface area is 205 Å². The van der Waals surface area contributed by atoms with Crippen LogP contribution >= 0.6 is 0 Å². The van der Waals surface area contributed by atoms with E-state index in [0.717, 1.165) is 49.7 Å². The number of benzene rings is 1. The molecule has 3 heterocycles. The molecular formula is C27H35FN4O3. The Bertz CT molecular complexity index is 1130. The maximum Gasteiger partial charge on any atom is 0.308 e. The topological polar surface area (TPSA) is 80.5 Å². The summed E-state index contributed by atoms with van der Waals surface area (Å²) in [4.78, 5) is 22.8. The van der Waals surface area contributed by atoms with Crippen LogP contribution in [0, 0.1) is 11.8 Å². The summed E-state index contributed by atoms with van der Waals surface area (Å²) in [6.45, 7) is 2.30. The number of carboxylic acids is 1. The zero-order valence-corrected chi connectivity index (χ0v) is 20.6. The van der Waals surface area contributed by atoms with E-state index in [1.165, 1.54) is 5.69 Å². The van der Waals surface area contributed by atoms with Gasteiger partial charge in [-0.25, -0.2) is 9.37 Å². The molecule has 35 heavy (non-hydrogen) atoms. The number of pyridine rings is 1. The fourth-order valence-corrected chi connectivity index (χ4v) is 5.23. The molecule has 3 atom stereocenters. The average molecular weight is 483 g/mol. The van der Waals surface area contributed by atoms with Crippen LogP contribution < -0.4 is 4.74 Å². The van der Waals surface area contributed by atoms with Gasteiger partial charge in [0.2, 0.25) is 0 Å². The Kier molecular flexibility index (Phi) is 8.33. The van der Waals surface area contributed by atoms with Crippen LogP contribution in [0.3, 0.4) is 0 Å². The maximum absolute atomic E-state index is 15.4. The molecule has 188 valence electrons. The summed E-state index contributed by atoms with van der Waals surface area (Å²) < 4.78 is 22.7. The van der Waals surface area contributed by atoms with Crippen LogP contribution in [0.25, 0.3) is 10.9 Å². The fraction of sp³-hybridized carbons (Fsp3) is 0.519. The second-order valence-corrected chi connectivity index (χ2v) is 9.58. The van der Waals surface area contributed by atoms with Crippen LogP contribution in [0.2, 0.25) is 0 Å². The number of rotatable bonds is 11. The minimum atomic E-state index is -1.17. The van der Waals surface area contributed by atoms with Crippen molar-refractivity contribution in [3.63, 3.8) is 0 Å². The molecule has 1 saturated heterocycles. The highest BCUT2D eigenvalue weighted by Crippen LogP contribution is 2.35. The van der Waals surface area contributed by atoms with Crippen LogP contribution in [0.15, 0.2) is 43.0 Å². The van der Waals surface area contributed by atoms with E-state index in [1.807, 2.05) is 42.3 Å². The molecule has 0 saturated carbocycles. The van der Waals surface area contributed by atoms with Gasteiger partial charge in [0.15, 0.2) is 0 Å². The van der Waals surface area contributed by atoms with Crippen LogP contribution in [0.4, 0.5) is 4.39 Å². The standard InChI is InChI=1S/C27H35FN4O3/c1-31-18-29-16-20(31)5-3-4-13-32-14-11-19(24(17-32)27(33)34)6-8-25(28)22-10-12-30-26-9-7-21(35-2)15-23(22)26/h7,9-10,12,15-16,18-19,24-25H,3-6,8,11,13-14,17H2,1-2H3,(H,33,34)/t19-,24+,25?/m1/s1. The third-order valence-corrected chi connectivity index (χ3v) is 7.34. The molecule has 1 aromatic carbocycles. The molecule has 1 aliphatic rings. The summed E-state index contributed by atoms with van der Waals surface area (Å²) in [5.41, 5.74) is 2.53. The lowest BCUT2D eigenvalue weighted by atomic mass is 9.81. The molecule has 4 rings (SSSR count). The highest BCUT2D eigenvalue weighted by Gasteiger charge is 2.34. The summed E-state index contributed by atoms with van der Waals surface area (Å²) in [5.74, 6) is -0.581. The number of ether oxygens (including phenoxy) is 1. The summed E-state index contributed by atoms with van der Waals surface area (Å²) in [7, 11) is 3.59. The van der Waals surface area contributed by atoms with E-state index in [9.17, 15) is 9.90 Å². The Morgan fingerprint density at radius 1 is 1.31 bits per heavy atom. The smallest absolute Gasteiger partial charge is 0.308 e. The Morgan fingerprint density at radius 3 is 2.91 bits per heavy atom. The first kappa shape index (κ1) is 25.1. The minimum Gasteiger partial charge on any atom is -0.497 e. The van der Waals surface area contributed by atoms with Crippen molar-refractivity contribution in [3.05, 3.63) is 54.2 Å². The maximum atomic E-state index is 15.4. The number of carboxylic acid groups (broad SMARTS) is 1. The first-order valence-corrected chi connectivity index (χ1v) is 12.4. The van der Waals surface area contributed by atoms with Gasteiger partial charge in [-0.05, 0) is 87.4 Å². The molecule has 2 aromatic heterocycles. The van der Waals surface area contributed by atoms with Gasteiger partial charge in [-0.2, -0.15) is 0 Å². The van der Waals surface area contributed by atoms with Crippen LogP contribution in [-0.4, -0.2) is 57.3 Å². The highest BCUT2D eigenvalue weighted by molar-refractivity contribution is 5.83. The molecule has 0 amide bonds. The van der Waals surface area contributed by atoms with Gasteiger partial charge in [0.25, 0.3) is 0 Å². The lowest BCUT2D eigenvalue weighted by Crippen LogP contribution is -2.44. The van der Waals surface area contributed by atoms with Gasteiger partial charge in [0.1, 0.15) is 11.9 Å². The van der Waals surface area contributed by atoms with Gasteiger partial charge in [-0.15, -0.1) is 0 Å². The molecule has 1 N–H and O–H groups in total. The van der Waals surface area contributed by atoms with Crippen LogP contribution in [0.1, 0.15) is 49.5 Å². The Balaban J connectivity index is 1.30. The molecule has 1 aliphatic heterocycles. The van der Waals surface area contributed by atoms with E-state index >= 15 is 4.39 Å². The van der Waals surface area contributed by atoms with E-state index in [1.54, 1.807) is 19.4 Å². The van der Waals surface area contributed by atoms with Crippen molar-refractivity contribution in [1.29, 1.82) is 0 Å².